The van der Waals surface area contributed by atoms with Gasteiger partial charge in [0, 0.05) is 5.92 Å². The summed E-state index contributed by atoms with van der Waals surface area (Å²) in [5, 5.41) is 9.60. The molecule has 0 spiro atoms. The third-order valence-corrected chi connectivity index (χ3v) is 5.46. The van der Waals surface area contributed by atoms with Gasteiger partial charge in [0.2, 0.25) is 0 Å². The van der Waals surface area contributed by atoms with Gasteiger partial charge in [0.1, 0.15) is 6.04 Å². The molecule has 0 fully saturated rings. The highest BCUT2D eigenvalue weighted by Crippen LogP contribution is 2.36. The zero-order valence-electron chi connectivity index (χ0n) is 21.0. The normalized spacial score (nSPS) is 13.7. The third kappa shape index (κ3) is 8.75. The highest BCUT2D eigenvalue weighted by Gasteiger charge is 2.34. The highest BCUT2D eigenvalue weighted by atomic mass is 16.7. The molecule has 0 aromatic heterocycles. The highest BCUT2D eigenvalue weighted by molar-refractivity contribution is 5.76. The summed E-state index contributed by atoms with van der Waals surface area (Å²) in [5.41, 5.74) is 5.65. The number of carbonyl (C=O) groups is 4. The van der Waals surface area contributed by atoms with Crippen LogP contribution in [0.5, 0.6) is 11.5 Å². The monoisotopic (exact) mass is 497 g/mol. The molecule has 35 heavy (non-hydrogen) atoms. The van der Waals surface area contributed by atoms with Crippen LogP contribution in [0.25, 0.3) is 0 Å². The summed E-state index contributed by atoms with van der Waals surface area (Å²) in [6.07, 6.45) is -1.51. The molecule has 1 aromatic carbocycles. The SMILES string of the molecule is CCOC(=O)Oc1ccc(C(C(C)COC(=O)C(C)(C)CC)[C@H](N)C(=O)O)cc1OC(=O)OCC. The Hall–Kier alpha value is -3.34. The van der Waals surface area contributed by atoms with E-state index in [1.165, 1.54) is 18.2 Å². The number of aliphatic carboxylic acids is 1. The van der Waals surface area contributed by atoms with Crippen LogP contribution in [-0.4, -0.2) is 55.2 Å². The van der Waals surface area contributed by atoms with E-state index in [-0.39, 0.29) is 31.3 Å². The summed E-state index contributed by atoms with van der Waals surface area (Å²) in [7, 11) is 0. The number of carboxylic acids is 1. The van der Waals surface area contributed by atoms with E-state index >= 15 is 0 Å². The number of carbonyl (C=O) groups excluding carboxylic acids is 3. The topological polar surface area (TPSA) is 161 Å². The molecule has 196 valence electrons. The quantitative estimate of drug-likeness (QED) is 0.245. The van der Waals surface area contributed by atoms with Gasteiger partial charge in [-0.05, 0) is 57.7 Å². The first-order valence-corrected chi connectivity index (χ1v) is 11.4. The van der Waals surface area contributed by atoms with Crippen molar-refractivity contribution in [1.29, 1.82) is 0 Å². The summed E-state index contributed by atoms with van der Waals surface area (Å²) in [6.45, 7) is 10.2. The first-order chi connectivity index (χ1) is 16.4. The number of hydrogen-bond acceptors (Lipinski definition) is 10. The van der Waals surface area contributed by atoms with Gasteiger partial charge in [-0.3, -0.25) is 9.59 Å². The Morgan fingerprint density at radius 2 is 1.49 bits per heavy atom. The Bertz CT molecular complexity index is 898. The van der Waals surface area contributed by atoms with E-state index in [4.69, 9.17) is 29.4 Å². The molecule has 0 amide bonds. The molecule has 1 rings (SSSR count). The third-order valence-electron chi connectivity index (χ3n) is 5.46. The Balaban J connectivity index is 3.35. The molecule has 1 aromatic rings. The molecule has 0 saturated heterocycles. The lowest BCUT2D eigenvalue weighted by Crippen LogP contribution is -2.41. The molecule has 0 saturated carbocycles. The van der Waals surface area contributed by atoms with E-state index < -0.39 is 47.5 Å². The van der Waals surface area contributed by atoms with Crippen molar-refractivity contribution in [1.82, 2.24) is 0 Å². The maximum atomic E-state index is 12.4. The summed E-state index contributed by atoms with van der Waals surface area (Å²) in [4.78, 5) is 47.9. The van der Waals surface area contributed by atoms with E-state index in [1.54, 1.807) is 34.6 Å². The minimum absolute atomic E-state index is 0.0373. The number of rotatable bonds is 12. The van der Waals surface area contributed by atoms with Gasteiger partial charge in [-0.1, -0.05) is 19.9 Å². The van der Waals surface area contributed by atoms with Crippen LogP contribution in [-0.2, 0) is 23.8 Å². The fraction of sp³-hybridized carbons (Fsp3) is 0.583. The van der Waals surface area contributed by atoms with Crippen molar-refractivity contribution >= 4 is 24.2 Å². The van der Waals surface area contributed by atoms with Crippen LogP contribution >= 0.6 is 0 Å². The van der Waals surface area contributed by atoms with E-state index in [0.717, 1.165) is 0 Å². The molecular formula is C24H35NO10. The Kier molecular flexibility index (Phi) is 11.5. The summed E-state index contributed by atoms with van der Waals surface area (Å²) in [6, 6.07) is 2.75. The molecule has 2 unspecified atom stereocenters. The van der Waals surface area contributed by atoms with Crippen LogP contribution in [0.2, 0.25) is 0 Å². The van der Waals surface area contributed by atoms with Gasteiger partial charge in [0.25, 0.3) is 0 Å². The minimum Gasteiger partial charge on any atom is -0.480 e. The molecule has 0 radical (unpaired) electrons. The molecular weight excluding hydrogens is 462 g/mol. The second-order valence-corrected chi connectivity index (χ2v) is 8.48. The van der Waals surface area contributed by atoms with Gasteiger partial charge in [-0.2, -0.15) is 0 Å². The Labute approximate surface area is 204 Å². The van der Waals surface area contributed by atoms with Gasteiger partial charge in [-0.15, -0.1) is 0 Å². The van der Waals surface area contributed by atoms with E-state index in [2.05, 4.69) is 0 Å². The molecule has 0 aliphatic carbocycles. The number of nitrogens with two attached hydrogens (primary N) is 1. The van der Waals surface area contributed by atoms with E-state index in [1.807, 2.05) is 6.92 Å². The lowest BCUT2D eigenvalue weighted by Gasteiger charge is -2.29. The largest absolute Gasteiger partial charge is 0.513 e. The minimum atomic E-state index is -1.38. The van der Waals surface area contributed by atoms with Crippen LogP contribution in [0.3, 0.4) is 0 Å². The number of hydrogen-bond donors (Lipinski definition) is 2. The standard InChI is InChI=1S/C24H35NO10/c1-7-24(5,6)21(28)33-13-14(4)18(19(25)20(26)27)15-10-11-16(34-22(29)31-8-2)17(12-15)35-23(30)32-9-3/h10-12,14,18-19H,7-9,13,25H2,1-6H3,(H,26,27)/t14?,18?,19-/m0/s1. The van der Waals surface area contributed by atoms with E-state index in [0.29, 0.717) is 12.0 Å². The molecule has 0 bridgehead atoms. The van der Waals surface area contributed by atoms with Crippen molar-refractivity contribution < 1.29 is 48.0 Å². The van der Waals surface area contributed by atoms with Crippen molar-refractivity contribution in [3.8, 4) is 11.5 Å². The maximum absolute atomic E-state index is 12.4. The lowest BCUT2D eigenvalue weighted by atomic mass is 9.81. The van der Waals surface area contributed by atoms with Crippen LogP contribution in [0.1, 0.15) is 59.4 Å². The maximum Gasteiger partial charge on any atom is 0.513 e. The fourth-order valence-electron chi connectivity index (χ4n) is 3.06. The van der Waals surface area contributed by atoms with Crippen molar-refractivity contribution in [3.63, 3.8) is 0 Å². The van der Waals surface area contributed by atoms with Crippen molar-refractivity contribution in [2.45, 2.75) is 59.9 Å². The van der Waals surface area contributed by atoms with Crippen LogP contribution in [0.4, 0.5) is 9.59 Å². The molecule has 3 N–H and O–H groups in total. The Morgan fingerprint density at radius 1 is 0.943 bits per heavy atom. The lowest BCUT2D eigenvalue weighted by molar-refractivity contribution is -0.155. The number of ether oxygens (including phenoxy) is 5. The molecule has 0 heterocycles. The Morgan fingerprint density at radius 3 is 1.97 bits per heavy atom. The average molecular weight is 498 g/mol. The smallest absolute Gasteiger partial charge is 0.480 e. The van der Waals surface area contributed by atoms with Gasteiger partial charge >= 0.3 is 24.2 Å². The van der Waals surface area contributed by atoms with Crippen molar-refractivity contribution in [3.05, 3.63) is 23.8 Å². The van der Waals surface area contributed by atoms with Gasteiger partial charge in [0.15, 0.2) is 11.5 Å². The first kappa shape index (κ1) is 29.7. The second-order valence-electron chi connectivity index (χ2n) is 8.48. The predicted molar refractivity (Wildman–Crippen MR) is 124 cm³/mol. The van der Waals surface area contributed by atoms with Gasteiger partial charge in [-0.25, -0.2) is 9.59 Å². The van der Waals surface area contributed by atoms with Crippen LogP contribution < -0.4 is 15.2 Å². The zero-order valence-corrected chi connectivity index (χ0v) is 21.0. The first-order valence-electron chi connectivity index (χ1n) is 11.4. The van der Waals surface area contributed by atoms with Crippen LogP contribution in [0.15, 0.2) is 18.2 Å². The molecule has 11 nitrogen and oxygen atoms in total. The van der Waals surface area contributed by atoms with Gasteiger partial charge < -0.3 is 34.5 Å². The van der Waals surface area contributed by atoms with Gasteiger partial charge in [0.05, 0.1) is 25.2 Å². The molecule has 11 heteroatoms. The zero-order chi connectivity index (χ0) is 26.8. The van der Waals surface area contributed by atoms with Crippen molar-refractivity contribution in [2.24, 2.45) is 17.1 Å². The molecule has 0 aliphatic rings. The van der Waals surface area contributed by atoms with Crippen LogP contribution in [0, 0.1) is 11.3 Å². The number of benzene rings is 1. The average Bonchev–Trinajstić information content (AvgIpc) is 2.79. The van der Waals surface area contributed by atoms with Crippen molar-refractivity contribution in [2.75, 3.05) is 19.8 Å². The summed E-state index contributed by atoms with van der Waals surface area (Å²) < 4.78 is 25.2. The predicted octanol–water partition coefficient (Wildman–Crippen LogP) is 3.87. The number of carboxylic acid groups (broad SMARTS) is 1. The molecule has 3 atom stereocenters. The fourth-order valence-corrected chi connectivity index (χ4v) is 3.06. The summed E-state index contributed by atoms with van der Waals surface area (Å²) >= 11 is 0. The number of esters is 1. The molecule has 0 aliphatic heterocycles. The summed E-state index contributed by atoms with van der Waals surface area (Å²) in [5.74, 6) is -3.43. The van der Waals surface area contributed by atoms with E-state index in [9.17, 15) is 24.3 Å². The second kappa shape index (κ2) is 13.5.